The van der Waals surface area contributed by atoms with Crippen LogP contribution in [0, 0.1) is 11.3 Å². The van der Waals surface area contributed by atoms with E-state index in [0.29, 0.717) is 21.8 Å². The Morgan fingerprint density at radius 2 is 1.92 bits per heavy atom. The number of nitrogens with one attached hydrogen (secondary N) is 1. The van der Waals surface area contributed by atoms with Crippen LogP contribution in [0.5, 0.6) is 0 Å². The number of aromatic nitrogens is 2. The third kappa shape index (κ3) is 5.63. The van der Waals surface area contributed by atoms with Gasteiger partial charge in [-0.2, -0.15) is 10.4 Å². The number of nitriles is 1. The molecule has 0 saturated carbocycles. The van der Waals surface area contributed by atoms with Crippen LogP contribution in [0.25, 0.3) is 11.3 Å². The first-order valence-electron chi connectivity index (χ1n) is 11.3. The summed E-state index contributed by atoms with van der Waals surface area (Å²) in [4.78, 5) is 26.7. The average molecular weight is 515 g/mol. The van der Waals surface area contributed by atoms with Crippen LogP contribution < -0.4 is 11.1 Å². The number of urea groups is 1. The summed E-state index contributed by atoms with van der Waals surface area (Å²) in [6.07, 6.45) is -2.87. The van der Waals surface area contributed by atoms with Crippen molar-refractivity contribution in [3.8, 4) is 17.3 Å². The minimum absolute atomic E-state index is 0.00514. The molecule has 2 heterocycles. The van der Waals surface area contributed by atoms with Gasteiger partial charge in [0.2, 0.25) is 0 Å². The molecule has 4 rings (SSSR count). The molecule has 3 N–H and O–H groups in total. The summed E-state index contributed by atoms with van der Waals surface area (Å²) in [5.74, 6) is -0.849. The van der Waals surface area contributed by atoms with Crippen molar-refractivity contribution in [2.24, 2.45) is 5.73 Å². The van der Waals surface area contributed by atoms with E-state index in [9.17, 15) is 18.4 Å². The van der Waals surface area contributed by atoms with Gasteiger partial charge < -0.3 is 16.0 Å². The van der Waals surface area contributed by atoms with E-state index in [2.05, 4.69) is 10.4 Å². The fourth-order valence-corrected chi connectivity index (χ4v) is 4.09. The molecule has 0 fully saturated rings. The van der Waals surface area contributed by atoms with Crippen LogP contribution in [-0.4, -0.2) is 39.6 Å². The normalized spacial score (nSPS) is 14.7. The van der Waals surface area contributed by atoms with Gasteiger partial charge in [0.25, 0.3) is 12.3 Å². The molecular weight excluding hydrogens is 490 g/mol. The number of hydrogen-bond acceptors (Lipinski definition) is 4. The summed E-state index contributed by atoms with van der Waals surface area (Å²) < 4.78 is 29.1. The highest BCUT2D eigenvalue weighted by Gasteiger charge is 2.35. The van der Waals surface area contributed by atoms with Gasteiger partial charge in [-0.25, -0.2) is 13.6 Å². The molecule has 1 aromatic heterocycles. The van der Waals surface area contributed by atoms with Crippen molar-refractivity contribution in [3.63, 3.8) is 0 Å². The van der Waals surface area contributed by atoms with Crippen molar-refractivity contribution in [3.05, 3.63) is 70.4 Å². The first-order valence-corrected chi connectivity index (χ1v) is 11.7. The minimum Gasteiger partial charge on any atom is -0.365 e. The molecule has 0 bridgehead atoms. The number of nitrogens with zero attached hydrogens (tertiary/aromatic N) is 4. The summed E-state index contributed by atoms with van der Waals surface area (Å²) in [7, 11) is 0. The number of anilines is 1. The second-order valence-electron chi connectivity index (χ2n) is 7.72. The maximum Gasteiger partial charge on any atom is 0.322 e. The number of benzene rings is 2. The highest BCUT2D eigenvalue weighted by molar-refractivity contribution is 6.30. The monoisotopic (exact) mass is 514 g/mol. The van der Waals surface area contributed by atoms with Crippen molar-refractivity contribution in [2.75, 3.05) is 11.9 Å². The molecule has 1 aliphatic heterocycles. The van der Waals surface area contributed by atoms with Gasteiger partial charge in [0.1, 0.15) is 11.7 Å². The average Bonchev–Trinajstić information content (AvgIpc) is 3.13. The molecule has 1 atom stereocenters. The Labute approximate surface area is 212 Å². The lowest BCUT2D eigenvalue weighted by Crippen LogP contribution is -2.35. The Bertz CT molecular complexity index is 1290. The Hall–Kier alpha value is -3.97. The Kier molecular flexibility index (Phi) is 8.61. The number of amides is 3. The van der Waals surface area contributed by atoms with E-state index in [1.807, 2.05) is 19.9 Å². The van der Waals surface area contributed by atoms with Gasteiger partial charge in [-0.15, -0.1) is 0 Å². The molecule has 2 aromatic carbocycles. The third-order valence-electron chi connectivity index (χ3n) is 5.55. The quantitative estimate of drug-likeness (QED) is 0.481. The van der Waals surface area contributed by atoms with Crippen LogP contribution in [0.4, 0.5) is 19.3 Å². The second kappa shape index (κ2) is 11.6. The van der Waals surface area contributed by atoms with E-state index in [1.54, 1.807) is 48.5 Å². The molecular formula is C25H25ClF2N6O2. The van der Waals surface area contributed by atoms with Crippen LogP contribution in [0.15, 0.2) is 48.5 Å². The van der Waals surface area contributed by atoms with E-state index in [0.717, 1.165) is 4.68 Å². The topological polar surface area (TPSA) is 117 Å². The summed E-state index contributed by atoms with van der Waals surface area (Å²) in [5, 5.41) is 16.3. The molecule has 3 amide bonds. The van der Waals surface area contributed by atoms with Gasteiger partial charge in [0, 0.05) is 22.8 Å². The largest absolute Gasteiger partial charge is 0.365 e. The van der Waals surface area contributed by atoms with Crippen molar-refractivity contribution in [1.82, 2.24) is 14.7 Å². The summed E-state index contributed by atoms with van der Waals surface area (Å²) in [6, 6.07) is 12.8. The number of nitrogens with two attached hydrogens (primary N) is 1. The lowest BCUT2D eigenvalue weighted by Gasteiger charge is -2.21. The van der Waals surface area contributed by atoms with E-state index in [-0.39, 0.29) is 36.5 Å². The lowest BCUT2D eigenvalue weighted by atomic mass is 10.0. The number of rotatable bonds is 4. The minimum atomic E-state index is -2.78. The van der Waals surface area contributed by atoms with Crippen molar-refractivity contribution in [1.29, 1.82) is 5.26 Å². The number of halogens is 3. The molecule has 0 radical (unpaired) electrons. The molecule has 1 unspecified atom stereocenters. The molecule has 36 heavy (non-hydrogen) atoms. The molecule has 188 valence electrons. The Morgan fingerprint density at radius 3 is 2.50 bits per heavy atom. The second-order valence-corrected chi connectivity index (χ2v) is 8.16. The fraction of sp³-hybridized carbons (Fsp3) is 0.280. The predicted octanol–water partition coefficient (Wildman–Crippen LogP) is 5.44. The highest BCUT2D eigenvalue weighted by Crippen LogP contribution is 2.34. The predicted molar refractivity (Wildman–Crippen MR) is 133 cm³/mol. The summed E-state index contributed by atoms with van der Waals surface area (Å²) in [5.41, 5.74) is 7.17. The molecule has 3 aromatic rings. The van der Waals surface area contributed by atoms with Crippen LogP contribution in [0.3, 0.4) is 0 Å². The van der Waals surface area contributed by atoms with Crippen LogP contribution in [0.2, 0.25) is 5.02 Å². The number of primary amides is 1. The van der Waals surface area contributed by atoms with Crippen molar-refractivity contribution >= 4 is 29.2 Å². The number of hydrogen-bond donors (Lipinski definition) is 2. The van der Waals surface area contributed by atoms with Gasteiger partial charge in [-0.3, -0.25) is 9.48 Å². The van der Waals surface area contributed by atoms with Crippen molar-refractivity contribution in [2.45, 2.75) is 39.3 Å². The zero-order valence-electron chi connectivity index (χ0n) is 19.7. The number of carbonyl (C=O) groups excluding carboxylic acids is 2. The summed E-state index contributed by atoms with van der Waals surface area (Å²) >= 11 is 6.07. The van der Waals surface area contributed by atoms with Crippen molar-refractivity contribution < 1.29 is 18.4 Å². The fourth-order valence-electron chi connectivity index (χ4n) is 3.90. The van der Waals surface area contributed by atoms with E-state index < -0.39 is 24.4 Å². The lowest BCUT2D eigenvalue weighted by molar-refractivity contribution is 0.0713. The maximum absolute atomic E-state index is 14.0. The third-order valence-corrected chi connectivity index (χ3v) is 5.78. The highest BCUT2D eigenvalue weighted by atomic mass is 35.5. The molecule has 0 spiro atoms. The first kappa shape index (κ1) is 26.6. The van der Waals surface area contributed by atoms with Gasteiger partial charge >= 0.3 is 6.03 Å². The Morgan fingerprint density at radius 1 is 1.22 bits per heavy atom. The zero-order valence-corrected chi connectivity index (χ0v) is 20.5. The molecule has 11 heteroatoms. The number of fused-ring (bicyclic) bond motifs is 1. The summed E-state index contributed by atoms with van der Waals surface area (Å²) in [6.45, 7) is 3.85. The maximum atomic E-state index is 14.0. The van der Waals surface area contributed by atoms with Gasteiger partial charge in [-0.05, 0) is 42.8 Å². The number of carbonyl (C=O) groups is 2. The molecule has 1 aliphatic rings. The SMILES string of the molecule is CC.N#Cc1ccc(NC(=O)N2CCC(C(F)F)n3nc(-c4cccc(Cl)c4)c(C(N)=O)c3C2)cc1. The smallest absolute Gasteiger partial charge is 0.322 e. The van der Waals surface area contributed by atoms with Crippen LogP contribution in [-0.2, 0) is 6.54 Å². The van der Waals surface area contributed by atoms with Gasteiger partial charge in [0.05, 0.1) is 29.4 Å². The standard InChI is InChI=1S/C23H19ClF2N6O2.C2H6/c24-15-3-1-2-14(10-15)20-19(22(28)33)18-12-31(9-8-17(21(25)26)32(18)30-20)23(34)29-16-6-4-13(11-27)5-7-16;1-2/h1-7,10,17,21H,8-9,12H2,(H2,28,33)(H,29,34);1-2H3. The number of alkyl halides is 2. The van der Waals surface area contributed by atoms with Gasteiger partial charge in [-0.1, -0.05) is 37.6 Å². The van der Waals surface area contributed by atoms with E-state index in [1.165, 1.54) is 4.90 Å². The van der Waals surface area contributed by atoms with Crippen LogP contribution in [0.1, 0.15) is 47.9 Å². The van der Waals surface area contributed by atoms with Crippen LogP contribution >= 0.6 is 11.6 Å². The van der Waals surface area contributed by atoms with E-state index >= 15 is 0 Å². The molecule has 0 aliphatic carbocycles. The molecule has 8 nitrogen and oxygen atoms in total. The molecule has 0 saturated heterocycles. The Balaban J connectivity index is 0.00000176. The zero-order chi connectivity index (χ0) is 26.4. The van der Waals surface area contributed by atoms with Gasteiger partial charge in [0.15, 0.2) is 0 Å². The first-order chi connectivity index (χ1) is 17.3. The van der Waals surface area contributed by atoms with E-state index in [4.69, 9.17) is 22.6 Å².